The monoisotopic (exact) mass is 334 g/mol. The van der Waals surface area contributed by atoms with Crippen LogP contribution in [0.4, 0.5) is 0 Å². The number of thiophene rings is 1. The van der Waals surface area contributed by atoms with Gasteiger partial charge in [-0.15, -0.1) is 11.3 Å². The Hall–Kier alpha value is -1.36. The van der Waals surface area contributed by atoms with Crippen LogP contribution in [-0.4, -0.2) is 48.4 Å². The minimum Gasteiger partial charge on any atom is -0.335 e. The first-order chi connectivity index (χ1) is 10.7. The Morgan fingerprint density at radius 2 is 1.82 bits per heavy atom. The average Bonchev–Trinajstić information content (AvgIpc) is 3.09. The van der Waals surface area contributed by atoms with Gasteiger partial charge in [0.25, 0.3) is 5.91 Å². The molecule has 0 aliphatic carbocycles. The summed E-state index contributed by atoms with van der Waals surface area (Å²) < 4.78 is 0. The Morgan fingerprint density at radius 3 is 2.45 bits per heavy atom. The Labute approximate surface area is 140 Å². The third-order valence-electron chi connectivity index (χ3n) is 4.02. The van der Waals surface area contributed by atoms with Gasteiger partial charge in [-0.05, 0) is 35.6 Å². The van der Waals surface area contributed by atoms with Gasteiger partial charge in [0.15, 0.2) is 0 Å². The highest BCUT2D eigenvalue weighted by Crippen LogP contribution is 2.14. The van der Waals surface area contributed by atoms with Crippen LogP contribution in [0.25, 0.3) is 0 Å². The normalized spacial score (nSPS) is 16.0. The fourth-order valence-electron chi connectivity index (χ4n) is 2.67. The van der Waals surface area contributed by atoms with Crippen molar-refractivity contribution < 1.29 is 4.79 Å². The summed E-state index contributed by atoms with van der Waals surface area (Å²) in [6.45, 7) is 4.56. The summed E-state index contributed by atoms with van der Waals surface area (Å²) >= 11 is 7.42. The van der Waals surface area contributed by atoms with Crippen LogP contribution in [0.2, 0.25) is 5.02 Å². The SMILES string of the molecule is O=C(c1cccs1)N1CCN(CCc2ccc(Cl)cc2)CC1. The molecule has 116 valence electrons. The van der Waals surface area contributed by atoms with E-state index in [1.807, 2.05) is 34.5 Å². The largest absolute Gasteiger partial charge is 0.335 e. The maximum atomic E-state index is 12.3. The van der Waals surface area contributed by atoms with Crippen LogP contribution in [-0.2, 0) is 6.42 Å². The second kappa shape index (κ2) is 7.27. The highest BCUT2D eigenvalue weighted by atomic mass is 35.5. The van der Waals surface area contributed by atoms with Crippen molar-refractivity contribution in [1.82, 2.24) is 9.80 Å². The summed E-state index contributed by atoms with van der Waals surface area (Å²) in [7, 11) is 0. The van der Waals surface area contributed by atoms with Crippen LogP contribution >= 0.6 is 22.9 Å². The van der Waals surface area contributed by atoms with E-state index in [1.165, 1.54) is 16.9 Å². The van der Waals surface area contributed by atoms with Crippen molar-refractivity contribution in [2.75, 3.05) is 32.7 Å². The molecule has 5 heteroatoms. The first-order valence-corrected chi connectivity index (χ1v) is 8.78. The number of carbonyl (C=O) groups excluding carboxylic acids is 1. The van der Waals surface area contributed by atoms with Crippen molar-refractivity contribution in [3.8, 4) is 0 Å². The van der Waals surface area contributed by atoms with Crippen LogP contribution in [0, 0.1) is 0 Å². The molecule has 2 aromatic rings. The zero-order valence-electron chi connectivity index (χ0n) is 12.4. The Kier molecular flexibility index (Phi) is 5.13. The van der Waals surface area contributed by atoms with Crippen LogP contribution in [0.5, 0.6) is 0 Å². The lowest BCUT2D eigenvalue weighted by Crippen LogP contribution is -2.48. The highest BCUT2D eigenvalue weighted by Gasteiger charge is 2.22. The molecule has 1 amide bonds. The molecule has 2 heterocycles. The van der Waals surface area contributed by atoms with Gasteiger partial charge in [0.2, 0.25) is 0 Å². The number of hydrogen-bond donors (Lipinski definition) is 0. The molecule has 1 aliphatic heterocycles. The smallest absolute Gasteiger partial charge is 0.264 e. The lowest BCUT2D eigenvalue weighted by atomic mass is 10.1. The minimum absolute atomic E-state index is 0.173. The molecular formula is C17H19ClN2OS. The zero-order valence-corrected chi connectivity index (χ0v) is 13.9. The van der Waals surface area contributed by atoms with Crippen molar-refractivity contribution in [3.05, 3.63) is 57.2 Å². The first-order valence-electron chi connectivity index (χ1n) is 7.52. The van der Waals surface area contributed by atoms with E-state index >= 15 is 0 Å². The number of nitrogens with zero attached hydrogens (tertiary/aromatic N) is 2. The summed E-state index contributed by atoms with van der Waals surface area (Å²) in [5, 5.41) is 2.74. The Bertz CT molecular complexity index is 604. The molecule has 3 nitrogen and oxygen atoms in total. The summed E-state index contributed by atoms with van der Waals surface area (Å²) in [5.41, 5.74) is 1.31. The standard InChI is InChI=1S/C17H19ClN2OS/c18-15-5-3-14(4-6-15)7-8-19-9-11-20(12-10-19)17(21)16-2-1-13-22-16/h1-6,13H,7-12H2. The van der Waals surface area contributed by atoms with E-state index in [0.29, 0.717) is 0 Å². The second-order valence-corrected chi connectivity index (χ2v) is 6.87. The van der Waals surface area contributed by atoms with Crippen LogP contribution in [0.15, 0.2) is 41.8 Å². The molecule has 1 aromatic carbocycles. The van der Waals surface area contributed by atoms with Crippen molar-refractivity contribution in [1.29, 1.82) is 0 Å². The molecule has 0 spiro atoms. The topological polar surface area (TPSA) is 23.6 Å². The van der Waals surface area contributed by atoms with E-state index in [1.54, 1.807) is 0 Å². The zero-order chi connectivity index (χ0) is 15.4. The van der Waals surface area contributed by atoms with E-state index in [2.05, 4.69) is 17.0 Å². The van der Waals surface area contributed by atoms with Gasteiger partial charge in [0.05, 0.1) is 4.88 Å². The number of benzene rings is 1. The van der Waals surface area contributed by atoms with E-state index in [-0.39, 0.29) is 5.91 Å². The molecule has 1 fully saturated rings. The van der Waals surface area contributed by atoms with E-state index in [4.69, 9.17) is 11.6 Å². The molecule has 0 saturated carbocycles. The predicted molar refractivity (Wildman–Crippen MR) is 91.8 cm³/mol. The van der Waals surface area contributed by atoms with Crippen molar-refractivity contribution in [3.63, 3.8) is 0 Å². The summed E-state index contributed by atoms with van der Waals surface area (Å²) in [6, 6.07) is 11.9. The Morgan fingerprint density at radius 1 is 1.09 bits per heavy atom. The van der Waals surface area contributed by atoms with Gasteiger partial charge in [0, 0.05) is 37.7 Å². The highest BCUT2D eigenvalue weighted by molar-refractivity contribution is 7.12. The van der Waals surface area contributed by atoms with E-state index in [9.17, 15) is 4.79 Å². The van der Waals surface area contributed by atoms with Crippen molar-refractivity contribution in [2.24, 2.45) is 0 Å². The van der Waals surface area contributed by atoms with Crippen molar-refractivity contribution >= 4 is 28.8 Å². The lowest BCUT2D eigenvalue weighted by Gasteiger charge is -2.34. The molecule has 1 aliphatic rings. The second-order valence-electron chi connectivity index (χ2n) is 5.49. The molecule has 1 aromatic heterocycles. The number of hydrogen-bond acceptors (Lipinski definition) is 3. The fourth-order valence-corrected chi connectivity index (χ4v) is 3.49. The third-order valence-corrected chi connectivity index (χ3v) is 5.13. The lowest BCUT2D eigenvalue weighted by molar-refractivity contribution is 0.0643. The summed E-state index contributed by atoms with van der Waals surface area (Å²) in [6.07, 6.45) is 1.02. The third kappa shape index (κ3) is 3.88. The minimum atomic E-state index is 0.173. The predicted octanol–water partition coefficient (Wildman–Crippen LogP) is 3.40. The van der Waals surface area contributed by atoms with Gasteiger partial charge in [-0.2, -0.15) is 0 Å². The van der Waals surface area contributed by atoms with Gasteiger partial charge < -0.3 is 4.90 Å². The van der Waals surface area contributed by atoms with Crippen molar-refractivity contribution in [2.45, 2.75) is 6.42 Å². The fraction of sp³-hybridized carbons (Fsp3) is 0.353. The summed E-state index contributed by atoms with van der Waals surface area (Å²) in [4.78, 5) is 17.5. The van der Waals surface area contributed by atoms with Crippen LogP contribution in [0.3, 0.4) is 0 Å². The number of rotatable bonds is 4. The van der Waals surface area contributed by atoms with Crippen LogP contribution in [0.1, 0.15) is 15.2 Å². The van der Waals surface area contributed by atoms with Gasteiger partial charge in [-0.1, -0.05) is 29.8 Å². The number of halogens is 1. The molecule has 0 N–H and O–H groups in total. The summed E-state index contributed by atoms with van der Waals surface area (Å²) in [5.74, 6) is 0.173. The molecule has 0 radical (unpaired) electrons. The van der Waals surface area contributed by atoms with E-state index in [0.717, 1.165) is 49.0 Å². The molecule has 0 atom stereocenters. The average molecular weight is 335 g/mol. The number of piperazine rings is 1. The van der Waals surface area contributed by atoms with Gasteiger partial charge in [-0.25, -0.2) is 0 Å². The van der Waals surface area contributed by atoms with Gasteiger partial charge in [0.1, 0.15) is 0 Å². The van der Waals surface area contributed by atoms with E-state index < -0.39 is 0 Å². The molecule has 22 heavy (non-hydrogen) atoms. The Balaban J connectivity index is 1.45. The van der Waals surface area contributed by atoms with Crippen LogP contribution < -0.4 is 0 Å². The molecule has 0 bridgehead atoms. The molecular weight excluding hydrogens is 316 g/mol. The molecule has 3 rings (SSSR count). The maximum absolute atomic E-state index is 12.3. The first kappa shape index (κ1) is 15.5. The molecule has 0 unspecified atom stereocenters. The number of amides is 1. The molecule has 1 saturated heterocycles. The quantitative estimate of drug-likeness (QED) is 0.855. The van der Waals surface area contributed by atoms with Gasteiger partial charge >= 0.3 is 0 Å². The van der Waals surface area contributed by atoms with Gasteiger partial charge in [-0.3, -0.25) is 9.69 Å². The number of carbonyl (C=O) groups is 1. The maximum Gasteiger partial charge on any atom is 0.264 e.